The first-order chi connectivity index (χ1) is 11.9. The maximum Gasteiger partial charge on any atom is 0.0744 e. The van der Waals surface area contributed by atoms with Crippen LogP contribution in [0.3, 0.4) is 0 Å². The van der Waals surface area contributed by atoms with Crippen LogP contribution in [0.5, 0.6) is 0 Å². The molecule has 2 nitrogen and oxygen atoms in total. The monoisotopic (exact) mass is 348 g/mol. The van der Waals surface area contributed by atoms with Gasteiger partial charge in [-0.2, -0.15) is 0 Å². The van der Waals surface area contributed by atoms with Crippen LogP contribution in [0.1, 0.15) is 41.7 Å². The van der Waals surface area contributed by atoms with Gasteiger partial charge in [0.2, 0.25) is 0 Å². The SMILES string of the molecule is Cc1ccc2c(c1Cl)CC(C)(C)N=C2c1cnc2c(C)cccc2c1. The van der Waals surface area contributed by atoms with Crippen molar-refractivity contribution in [2.24, 2.45) is 4.99 Å². The van der Waals surface area contributed by atoms with E-state index in [1.54, 1.807) is 0 Å². The van der Waals surface area contributed by atoms with Gasteiger partial charge in [-0.15, -0.1) is 0 Å². The molecular weight excluding hydrogens is 328 g/mol. The molecule has 0 aliphatic carbocycles. The van der Waals surface area contributed by atoms with E-state index in [0.29, 0.717) is 0 Å². The molecule has 2 heterocycles. The summed E-state index contributed by atoms with van der Waals surface area (Å²) < 4.78 is 0. The molecule has 1 aliphatic rings. The zero-order valence-corrected chi connectivity index (χ0v) is 15.8. The van der Waals surface area contributed by atoms with Crippen LogP contribution in [0.4, 0.5) is 0 Å². The van der Waals surface area contributed by atoms with Gasteiger partial charge in [-0.3, -0.25) is 9.98 Å². The van der Waals surface area contributed by atoms with Crippen LogP contribution in [0.25, 0.3) is 10.9 Å². The number of aliphatic imine (C=N–C) groups is 1. The molecule has 0 amide bonds. The van der Waals surface area contributed by atoms with Gasteiger partial charge in [0.05, 0.1) is 16.8 Å². The molecule has 4 rings (SSSR count). The summed E-state index contributed by atoms with van der Waals surface area (Å²) in [6.07, 6.45) is 2.79. The molecule has 2 aromatic carbocycles. The van der Waals surface area contributed by atoms with Crippen LogP contribution in [-0.2, 0) is 6.42 Å². The summed E-state index contributed by atoms with van der Waals surface area (Å²) in [5.74, 6) is 0. The lowest BCUT2D eigenvalue weighted by atomic mass is 9.84. The molecule has 0 saturated carbocycles. The zero-order valence-electron chi connectivity index (χ0n) is 15.0. The minimum atomic E-state index is -0.179. The molecule has 126 valence electrons. The highest BCUT2D eigenvalue weighted by Gasteiger charge is 2.29. The summed E-state index contributed by atoms with van der Waals surface area (Å²) in [6, 6.07) is 12.7. The number of halogens is 1. The maximum absolute atomic E-state index is 6.64. The van der Waals surface area contributed by atoms with Crippen LogP contribution in [0, 0.1) is 13.8 Å². The predicted molar refractivity (Wildman–Crippen MR) is 106 cm³/mol. The van der Waals surface area contributed by atoms with E-state index in [2.05, 4.69) is 64.1 Å². The fourth-order valence-electron chi connectivity index (χ4n) is 3.63. The summed E-state index contributed by atoms with van der Waals surface area (Å²) in [7, 11) is 0. The first-order valence-electron chi connectivity index (χ1n) is 8.60. The summed E-state index contributed by atoms with van der Waals surface area (Å²) in [4.78, 5) is 9.75. The van der Waals surface area contributed by atoms with Crippen molar-refractivity contribution >= 4 is 28.2 Å². The van der Waals surface area contributed by atoms with Crippen molar-refractivity contribution in [3.63, 3.8) is 0 Å². The number of benzene rings is 2. The Hall–Kier alpha value is -2.19. The lowest BCUT2D eigenvalue weighted by Gasteiger charge is -2.30. The van der Waals surface area contributed by atoms with E-state index >= 15 is 0 Å². The van der Waals surface area contributed by atoms with Gasteiger partial charge in [-0.1, -0.05) is 41.9 Å². The third-order valence-electron chi connectivity index (χ3n) is 4.90. The van der Waals surface area contributed by atoms with Gasteiger partial charge >= 0.3 is 0 Å². The van der Waals surface area contributed by atoms with Gasteiger partial charge in [0, 0.05) is 27.7 Å². The highest BCUT2D eigenvalue weighted by atomic mass is 35.5. The molecule has 0 bridgehead atoms. The van der Waals surface area contributed by atoms with E-state index in [1.807, 2.05) is 6.20 Å². The highest BCUT2D eigenvalue weighted by Crippen LogP contribution is 2.35. The lowest BCUT2D eigenvalue weighted by molar-refractivity contribution is 0.513. The molecule has 3 heteroatoms. The van der Waals surface area contributed by atoms with Crippen molar-refractivity contribution in [3.05, 3.63) is 75.4 Å². The normalized spacial score (nSPS) is 15.8. The topological polar surface area (TPSA) is 25.2 Å². The third-order valence-corrected chi connectivity index (χ3v) is 5.43. The standard InChI is InChI=1S/C22H21ClN2/c1-13-8-9-17-18(19(13)23)11-22(3,4)25-21(17)16-10-15-7-5-6-14(2)20(15)24-12-16/h5-10,12H,11H2,1-4H3. The second-order valence-corrected chi connectivity index (χ2v) is 7.92. The number of rotatable bonds is 1. The number of fused-ring (bicyclic) bond motifs is 2. The summed E-state index contributed by atoms with van der Waals surface area (Å²) in [5, 5.41) is 2.01. The first kappa shape index (κ1) is 16.3. The van der Waals surface area contributed by atoms with Gasteiger partial charge in [0.25, 0.3) is 0 Å². The van der Waals surface area contributed by atoms with Gasteiger partial charge < -0.3 is 0 Å². The number of para-hydroxylation sites is 1. The summed E-state index contributed by atoms with van der Waals surface area (Å²) in [6.45, 7) is 8.47. The highest BCUT2D eigenvalue weighted by molar-refractivity contribution is 6.33. The van der Waals surface area contributed by atoms with Crippen molar-refractivity contribution < 1.29 is 0 Å². The quantitative estimate of drug-likeness (QED) is 0.555. The molecule has 1 aromatic heterocycles. The zero-order chi connectivity index (χ0) is 17.8. The lowest BCUT2D eigenvalue weighted by Crippen LogP contribution is -2.30. The van der Waals surface area contributed by atoms with E-state index in [-0.39, 0.29) is 5.54 Å². The average Bonchev–Trinajstić information content (AvgIpc) is 2.57. The molecule has 0 unspecified atom stereocenters. The molecule has 0 radical (unpaired) electrons. The molecule has 0 N–H and O–H groups in total. The van der Waals surface area contributed by atoms with Crippen LogP contribution in [0.2, 0.25) is 5.02 Å². The predicted octanol–water partition coefficient (Wildman–Crippen LogP) is 5.68. The minimum absolute atomic E-state index is 0.179. The Balaban J connectivity index is 1.96. The van der Waals surface area contributed by atoms with Crippen LogP contribution >= 0.6 is 11.6 Å². The third kappa shape index (κ3) is 2.75. The molecule has 0 fully saturated rings. The van der Waals surface area contributed by atoms with Crippen molar-refractivity contribution in [1.82, 2.24) is 4.98 Å². The fraction of sp³-hybridized carbons (Fsp3) is 0.273. The molecule has 3 aromatic rings. The summed E-state index contributed by atoms with van der Waals surface area (Å²) in [5.41, 5.74) is 7.53. The fourth-order valence-corrected chi connectivity index (χ4v) is 3.86. The van der Waals surface area contributed by atoms with E-state index < -0.39 is 0 Å². The van der Waals surface area contributed by atoms with E-state index in [9.17, 15) is 0 Å². The van der Waals surface area contributed by atoms with Crippen LogP contribution in [0.15, 0.2) is 47.6 Å². The second kappa shape index (κ2) is 5.67. The van der Waals surface area contributed by atoms with Gasteiger partial charge in [-0.25, -0.2) is 0 Å². The Morgan fingerprint density at radius 2 is 1.84 bits per heavy atom. The van der Waals surface area contributed by atoms with Crippen LogP contribution < -0.4 is 0 Å². The van der Waals surface area contributed by atoms with E-state index in [1.165, 1.54) is 11.1 Å². The van der Waals surface area contributed by atoms with Gasteiger partial charge in [0.15, 0.2) is 0 Å². The van der Waals surface area contributed by atoms with Crippen molar-refractivity contribution in [3.8, 4) is 0 Å². The molecule has 1 aliphatic heterocycles. The number of pyridine rings is 1. The molecule has 0 saturated heterocycles. The largest absolute Gasteiger partial charge is 0.278 e. The molecule has 0 spiro atoms. The smallest absolute Gasteiger partial charge is 0.0744 e. The summed E-state index contributed by atoms with van der Waals surface area (Å²) >= 11 is 6.64. The van der Waals surface area contributed by atoms with Gasteiger partial charge in [0.1, 0.15) is 0 Å². The van der Waals surface area contributed by atoms with Crippen molar-refractivity contribution in [2.45, 2.75) is 39.7 Å². The Bertz CT molecular complexity index is 1030. The maximum atomic E-state index is 6.64. The van der Waals surface area contributed by atoms with E-state index in [0.717, 1.165) is 44.7 Å². The first-order valence-corrected chi connectivity index (χ1v) is 8.97. The number of aromatic nitrogens is 1. The van der Waals surface area contributed by atoms with Crippen molar-refractivity contribution in [2.75, 3.05) is 0 Å². The molecular formula is C22H21ClN2. The number of hydrogen-bond donors (Lipinski definition) is 0. The van der Waals surface area contributed by atoms with Crippen LogP contribution in [-0.4, -0.2) is 16.2 Å². The van der Waals surface area contributed by atoms with Gasteiger partial charge in [-0.05, 0) is 56.9 Å². The minimum Gasteiger partial charge on any atom is -0.278 e. The van der Waals surface area contributed by atoms with Crippen molar-refractivity contribution in [1.29, 1.82) is 0 Å². The Labute approximate surface area is 153 Å². The second-order valence-electron chi connectivity index (χ2n) is 7.54. The Morgan fingerprint density at radius 3 is 2.64 bits per heavy atom. The Morgan fingerprint density at radius 1 is 1.04 bits per heavy atom. The number of nitrogens with zero attached hydrogens (tertiary/aromatic N) is 2. The average molecular weight is 349 g/mol. The molecule has 0 atom stereocenters. The van der Waals surface area contributed by atoms with E-state index in [4.69, 9.17) is 21.6 Å². The number of hydrogen-bond acceptors (Lipinski definition) is 2. The number of aryl methyl sites for hydroxylation is 2. The molecule has 25 heavy (non-hydrogen) atoms. The Kier molecular flexibility index (Phi) is 3.69.